The van der Waals surface area contributed by atoms with Crippen LogP contribution in [0.5, 0.6) is 0 Å². The van der Waals surface area contributed by atoms with Crippen LogP contribution in [0.25, 0.3) is 0 Å². The second-order valence-electron chi connectivity index (χ2n) is 10.3. The Morgan fingerprint density at radius 2 is 2.08 bits per heavy atom. The highest BCUT2D eigenvalue weighted by Gasteiger charge is 2.53. The van der Waals surface area contributed by atoms with E-state index >= 15 is 0 Å². The van der Waals surface area contributed by atoms with Gasteiger partial charge in [-0.2, -0.15) is 0 Å². The highest BCUT2D eigenvalue weighted by Crippen LogP contribution is 2.40. The molecule has 1 unspecified atom stereocenters. The van der Waals surface area contributed by atoms with Crippen molar-refractivity contribution in [1.82, 2.24) is 15.2 Å². The molecule has 0 spiro atoms. The predicted molar refractivity (Wildman–Crippen MR) is 142 cm³/mol. The van der Waals surface area contributed by atoms with E-state index in [-0.39, 0.29) is 22.2 Å². The first-order valence-corrected chi connectivity index (χ1v) is 14.2. The van der Waals surface area contributed by atoms with Gasteiger partial charge in [0.05, 0.1) is 38.3 Å². The topological polar surface area (TPSA) is 187 Å². The van der Waals surface area contributed by atoms with Crippen LogP contribution in [0.1, 0.15) is 32.4 Å². The van der Waals surface area contributed by atoms with Gasteiger partial charge in [0.25, 0.3) is 11.8 Å². The van der Waals surface area contributed by atoms with Gasteiger partial charge in [0.1, 0.15) is 17.1 Å². The average molecular weight is 579 g/mol. The molecule has 1 aromatic heterocycles. The molecule has 2 amide bonds. The van der Waals surface area contributed by atoms with Crippen molar-refractivity contribution in [3.05, 3.63) is 34.5 Å². The van der Waals surface area contributed by atoms with Gasteiger partial charge >= 0.3 is 5.97 Å². The minimum absolute atomic E-state index is 0.0354. The van der Waals surface area contributed by atoms with Crippen molar-refractivity contribution in [2.24, 2.45) is 5.16 Å². The molecule has 2 fully saturated rings. The number of thiazole rings is 1. The molecule has 3 aliphatic heterocycles. The van der Waals surface area contributed by atoms with Crippen LogP contribution in [0.15, 0.2) is 34.0 Å². The minimum Gasteiger partial charge on any atom is -0.543 e. The van der Waals surface area contributed by atoms with Crippen molar-refractivity contribution in [2.75, 3.05) is 38.2 Å². The van der Waals surface area contributed by atoms with Crippen molar-refractivity contribution >= 4 is 57.7 Å². The highest BCUT2D eigenvalue weighted by molar-refractivity contribution is 8.00. The molecule has 0 saturated carbocycles. The number of carbonyl (C=O) groups is 4. The number of nitrogens with zero attached hydrogens (tertiary/aromatic N) is 4. The molecule has 4 heterocycles. The van der Waals surface area contributed by atoms with Gasteiger partial charge in [0.15, 0.2) is 10.8 Å². The van der Waals surface area contributed by atoms with E-state index in [1.165, 1.54) is 31.0 Å². The van der Waals surface area contributed by atoms with E-state index in [4.69, 9.17) is 10.6 Å². The number of rotatable bonds is 10. The van der Waals surface area contributed by atoms with E-state index in [0.29, 0.717) is 11.3 Å². The second kappa shape index (κ2) is 11.0. The number of anilines is 1. The van der Waals surface area contributed by atoms with Gasteiger partial charge in [-0.3, -0.25) is 14.5 Å². The van der Waals surface area contributed by atoms with Crippen molar-refractivity contribution in [3.8, 4) is 0 Å². The number of carboxylic acids is 2. The number of amides is 2. The molecule has 0 aromatic carbocycles. The Labute approximate surface area is 232 Å². The van der Waals surface area contributed by atoms with Crippen LogP contribution in [0.3, 0.4) is 0 Å². The van der Waals surface area contributed by atoms with Crippen LogP contribution in [0.4, 0.5) is 5.13 Å². The van der Waals surface area contributed by atoms with E-state index in [9.17, 15) is 29.4 Å². The zero-order chi connectivity index (χ0) is 28.5. The fraction of sp³-hybridized carbons (Fsp3) is 0.500. The molecule has 0 bridgehead atoms. The summed E-state index contributed by atoms with van der Waals surface area (Å²) in [5.74, 6) is -3.94. The van der Waals surface area contributed by atoms with Gasteiger partial charge in [-0.1, -0.05) is 11.2 Å². The molecule has 4 rings (SSSR count). The number of likely N-dealkylation sites (N-methyl/N-ethyl adjacent to an activating group) is 1. The maximum absolute atomic E-state index is 13.2. The number of aromatic nitrogens is 1. The first-order valence-electron chi connectivity index (χ1n) is 12.2. The summed E-state index contributed by atoms with van der Waals surface area (Å²) in [6.45, 7) is 5.40. The number of likely N-dealkylation sites (tertiary alicyclic amines) is 1. The average Bonchev–Trinajstić information content (AvgIpc) is 3.50. The Balaban J connectivity index is 1.51. The van der Waals surface area contributed by atoms with E-state index in [2.05, 4.69) is 22.5 Å². The Morgan fingerprint density at radius 3 is 2.67 bits per heavy atom. The Hall–Kier alpha value is -3.43. The summed E-state index contributed by atoms with van der Waals surface area (Å²) in [4.78, 5) is 59.9. The lowest BCUT2D eigenvalue weighted by molar-refractivity contribution is -0.891. The Morgan fingerprint density at radius 1 is 1.38 bits per heavy atom. The summed E-state index contributed by atoms with van der Waals surface area (Å²) in [5, 5.41) is 28.5. The minimum atomic E-state index is -1.75. The zero-order valence-corrected chi connectivity index (χ0v) is 23.3. The number of β-lactam (4-membered cyclic amide) rings is 1. The molecule has 39 heavy (non-hydrogen) atoms. The number of thioether (sulfide) groups is 1. The number of nitrogen functional groups attached to an aromatic ring is 1. The molecule has 15 heteroatoms. The zero-order valence-electron chi connectivity index (χ0n) is 21.7. The number of carbonyl (C=O) groups excluding carboxylic acids is 3. The summed E-state index contributed by atoms with van der Waals surface area (Å²) in [6, 6.07) is -1.05. The number of nitrogens with one attached hydrogen (secondary N) is 1. The smallest absolute Gasteiger partial charge is 0.350 e. The summed E-state index contributed by atoms with van der Waals surface area (Å²) in [7, 11) is 2.16. The molecule has 2 atom stereocenters. The highest BCUT2D eigenvalue weighted by atomic mass is 32.2. The monoisotopic (exact) mass is 578 g/mol. The first-order chi connectivity index (χ1) is 18.3. The van der Waals surface area contributed by atoms with Gasteiger partial charge in [0, 0.05) is 24.0 Å². The molecule has 13 nitrogen and oxygen atoms in total. The molecule has 2 saturated heterocycles. The largest absolute Gasteiger partial charge is 0.543 e. The lowest BCUT2D eigenvalue weighted by atomic mass is 10.0. The lowest BCUT2D eigenvalue weighted by Gasteiger charge is -2.50. The van der Waals surface area contributed by atoms with Crippen molar-refractivity contribution < 1.29 is 38.7 Å². The number of fused-ring (bicyclic) bond motifs is 1. The molecule has 210 valence electrons. The Kier molecular flexibility index (Phi) is 8.04. The SMILES string of the molecule is CC(C)(O/N=C(\C(=O)NC1C(=O)N2C(C(=O)[O-])=C(C=CC[N+]3(C)CCCC3)CS[C@@H]12)c1csc(N)n1)C(=O)O. The van der Waals surface area contributed by atoms with Crippen molar-refractivity contribution in [1.29, 1.82) is 0 Å². The summed E-state index contributed by atoms with van der Waals surface area (Å²) >= 11 is 2.35. The molecule has 0 radical (unpaired) electrons. The molecule has 4 N–H and O–H groups in total. The number of hydrogen-bond acceptors (Lipinski definition) is 11. The van der Waals surface area contributed by atoms with Crippen LogP contribution >= 0.6 is 23.1 Å². The van der Waals surface area contributed by atoms with E-state index in [1.807, 2.05) is 6.08 Å². The number of hydrogen-bond donors (Lipinski definition) is 3. The van der Waals surface area contributed by atoms with Crippen LogP contribution in [0, 0.1) is 0 Å². The number of quaternary nitrogens is 1. The molecule has 3 aliphatic rings. The third kappa shape index (κ3) is 5.94. The van der Waals surface area contributed by atoms with Crippen LogP contribution in [-0.4, -0.2) is 98.4 Å². The van der Waals surface area contributed by atoms with Crippen molar-refractivity contribution in [3.63, 3.8) is 0 Å². The number of carboxylic acid groups (broad SMARTS) is 2. The van der Waals surface area contributed by atoms with E-state index in [1.54, 1.807) is 6.08 Å². The third-order valence-electron chi connectivity index (χ3n) is 6.85. The third-order valence-corrected chi connectivity index (χ3v) is 8.82. The Bertz CT molecular complexity index is 1280. The summed E-state index contributed by atoms with van der Waals surface area (Å²) < 4.78 is 0.888. The van der Waals surface area contributed by atoms with Crippen LogP contribution in [0.2, 0.25) is 0 Å². The number of nitrogens with two attached hydrogens (primary N) is 1. The van der Waals surface area contributed by atoms with E-state index < -0.39 is 40.8 Å². The van der Waals surface area contributed by atoms with Crippen molar-refractivity contribution in [2.45, 2.75) is 43.7 Å². The number of aliphatic carboxylic acids is 2. The molecular formula is C24H30N6O7S2. The molecular weight excluding hydrogens is 548 g/mol. The summed E-state index contributed by atoms with van der Waals surface area (Å²) in [5.41, 5.74) is 3.86. The summed E-state index contributed by atoms with van der Waals surface area (Å²) in [6.07, 6.45) is 6.01. The maximum Gasteiger partial charge on any atom is 0.350 e. The molecule has 0 aliphatic carbocycles. The van der Waals surface area contributed by atoms with Gasteiger partial charge in [-0.05, 0) is 25.5 Å². The normalized spacial score (nSPS) is 23.0. The predicted octanol–water partition coefficient (Wildman–Crippen LogP) is -0.490. The van der Waals surface area contributed by atoms with Gasteiger partial charge in [0.2, 0.25) is 5.60 Å². The molecule has 1 aromatic rings. The standard InChI is InChI=1S/C24H30N6O7S2/c1-24(2,22(35)36)37-28-15(14-12-39-23(25)26-14)18(31)27-16-19(32)29-17(21(33)34)13(11-38-20(16)29)7-6-10-30(3)8-4-5-9-30/h6-7,12,16,20H,4-5,8-11H2,1-3H3,(H4-,25,26,27,31,33,34,35,36)/b7-6?,28-15-/t16?,20-/m0/s1. The quantitative estimate of drug-likeness (QED) is 0.141. The maximum atomic E-state index is 13.2. The first kappa shape index (κ1) is 28.6. The van der Waals surface area contributed by atoms with Crippen LogP contribution in [-0.2, 0) is 24.0 Å². The van der Waals surface area contributed by atoms with Gasteiger partial charge < -0.3 is 35.4 Å². The lowest BCUT2D eigenvalue weighted by Crippen LogP contribution is -2.71. The van der Waals surface area contributed by atoms with E-state index in [0.717, 1.165) is 53.2 Å². The van der Waals surface area contributed by atoms with Crippen LogP contribution < -0.4 is 16.2 Å². The van der Waals surface area contributed by atoms with Gasteiger partial charge in [-0.25, -0.2) is 9.78 Å². The second-order valence-corrected chi connectivity index (χ2v) is 12.3. The fourth-order valence-corrected chi connectivity index (χ4v) is 6.37. The fourth-order valence-electron chi connectivity index (χ4n) is 4.50. The number of allylic oxidation sites excluding steroid dienone is 1. The van der Waals surface area contributed by atoms with Gasteiger partial charge in [-0.15, -0.1) is 23.1 Å². The number of oxime groups is 1.